The molecule has 4 aromatic rings. The Morgan fingerprint density at radius 3 is 2.72 bits per heavy atom. The van der Waals surface area contributed by atoms with Gasteiger partial charge in [0.25, 0.3) is 5.91 Å². The highest BCUT2D eigenvalue weighted by Crippen LogP contribution is 2.27. The van der Waals surface area contributed by atoms with Crippen molar-refractivity contribution >= 4 is 23.1 Å². The van der Waals surface area contributed by atoms with E-state index in [1.54, 1.807) is 35.2 Å². The minimum Gasteiger partial charge on any atom is -0.491 e. The average Bonchev–Trinajstić information content (AvgIpc) is 3.42. The lowest BCUT2D eigenvalue weighted by Gasteiger charge is -2.10. The maximum atomic E-state index is 12.7. The van der Waals surface area contributed by atoms with Gasteiger partial charge in [-0.1, -0.05) is 0 Å². The molecule has 3 aromatic heterocycles. The van der Waals surface area contributed by atoms with Crippen LogP contribution >= 0.6 is 11.3 Å². The molecule has 0 unspecified atom stereocenters. The van der Waals surface area contributed by atoms with Crippen molar-refractivity contribution in [3.63, 3.8) is 0 Å². The molecule has 0 aliphatic heterocycles. The number of carbonyl (C=O) groups excluding carboxylic acids is 1. The summed E-state index contributed by atoms with van der Waals surface area (Å²) in [4.78, 5) is 17.3. The molecule has 1 amide bonds. The summed E-state index contributed by atoms with van der Waals surface area (Å²) in [5.41, 5.74) is 2.03. The third-order valence-electron chi connectivity index (χ3n) is 4.01. The van der Waals surface area contributed by atoms with E-state index in [0.717, 1.165) is 17.1 Å². The first-order valence-electron chi connectivity index (χ1n) is 9.14. The first-order valence-corrected chi connectivity index (χ1v) is 10.0. The first-order chi connectivity index (χ1) is 14.0. The van der Waals surface area contributed by atoms with Gasteiger partial charge in [-0.05, 0) is 57.2 Å². The predicted octanol–water partition coefficient (Wildman–Crippen LogP) is 4.94. The lowest BCUT2D eigenvalue weighted by Crippen LogP contribution is -2.15. The van der Waals surface area contributed by atoms with Crippen LogP contribution in [-0.4, -0.2) is 26.8 Å². The number of thiazole rings is 1. The molecule has 0 aliphatic carbocycles. The zero-order valence-corrected chi connectivity index (χ0v) is 17.1. The van der Waals surface area contributed by atoms with E-state index < -0.39 is 0 Å². The number of amides is 1. The van der Waals surface area contributed by atoms with Crippen LogP contribution in [0.2, 0.25) is 0 Å². The van der Waals surface area contributed by atoms with Crippen LogP contribution in [0.5, 0.6) is 5.75 Å². The van der Waals surface area contributed by atoms with Gasteiger partial charge in [0.2, 0.25) is 5.13 Å². The Hall–Kier alpha value is -3.39. The van der Waals surface area contributed by atoms with Crippen molar-refractivity contribution in [1.82, 2.24) is 14.8 Å². The maximum absolute atomic E-state index is 12.7. The van der Waals surface area contributed by atoms with Crippen LogP contribution in [0.3, 0.4) is 0 Å². The average molecular weight is 408 g/mol. The molecule has 0 atom stereocenters. The summed E-state index contributed by atoms with van der Waals surface area (Å²) in [6, 6.07) is 12.5. The predicted molar refractivity (Wildman–Crippen MR) is 112 cm³/mol. The van der Waals surface area contributed by atoms with E-state index in [1.165, 1.54) is 11.3 Å². The molecule has 0 bridgehead atoms. The van der Waals surface area contributed by atoms with Crippen molar-refractivity contribution in [2.24, 2.45) is 0 Å². The molecule has 0 radical (unpaired) electrons. The van der Waals surface area contributed by atoms with E-state index in [2.05, 4.69) is 15.4 Å². The van der Waals surface area contributed by atoms with Gasteiger partial charge in [-0.15, -0.1) is 11.3 Å². The molecule has 1 N–H and O–H groups in total. The van der Waals surface area contributed by atoms with Crippen LogP contribution in [0.4, 0.5) is 5.82 Å². The van der Waals surface area contributed by atoms with Crippen molar-refractivity contribution in [3.8, 4) is 22.3 Å². The highest BCUT2D eigenvalue weighted by Gasteiger charge is 2.16. The summed E-state index contributed by atoms with van der Waals surface area (Å²) in [5.74, 6) is 1.73. The highest BCUT2D eigenvalue weighted by molar-refractivity contribution is 7.12. The zero-order chi connectivity index (χ0) is 20.4. The quantitative estimate of drug-likeness (QED) is 0.489. The Balaban J connectivity index is 1.55. The molecule has 3 heterocycles. The van der Waals surface area contributed by atoms with Gasteiger partial charge in [0.1, 0.15) is 17.3 Å². The number of furan rings is 1. The number of aryl methyl sites for hydroxylation is 1. The molecule has 0 aliphatic rings. The minimum atomic E-state index is -0.231. The summed E-state index contributed by atoms with van der Waals surface area (Å²) in [6.07, 6.45) is 1.69. The first kappa shape index (κ1) is 18.9. The second-order valence-electron chi connectivity index (χ2n) is 6.72. The number of hydrogen-bond donors (Lipinski definition) is 1. The van der Waals surface area contributed by atoms with Crippen molar-refractivity contribution < 1.29 is 13.9 Å². The number of nitrogens with zero attached hydrogens (tertiary/aromatic N) is 3. The van der Waals surface area contributed by atoms with Gasteiger partial charge in [0.15, 0.2) is 5.76 Å². The summed E-state index contributed by atoms with van der Waals surface area (Å²) in [6.45, 7) is 5.78. The molecule has 0 fully saturated rings. The molecular weight excluding hydrogens is 388 g/mol. The van der Waals surface area contributed by atoms with Crippen LogP contribution < -0.4 is 10.1 Å². The lowest BCUT2D eigenvalue weighted by molar-refractivity contribution is 0.102. The molecule has 29 heavy (non-hydrogen) atoms. The number of nitrogens with one attached hydrogen (secondary N) is 1. The van der Waals surface area contributed by atoms with E-state index >= 15 is 0 Å². The zero-order valence-electron chi connectivity index (χ0n) is 16.2. The van der Waals surface area contributed by atoms with Crippen molar-refractivity contribution in [2.45, 2.75) is 26.9 Å². The van der Waals surface area contributed by atoms with Crippen molar-refractivity contribution in [1.29, 1.82) is 0 Å². The van der Waals surface area contributed by atoms with Gasteiger partial charge in [0.05, 0.1) is 18.1 Å². The molecule has 0 saturated heterocycles. The standard InChI is InChI=1S/C21H20N4O3S/c1-13(2)28-16-8-6-15(7-9-16)20(26)23-19-11-14(3)24-25(19)21-22-17(12-29-21)18-5-4-10-27-18/h4-13H,1-3H3,(H,23,26). The van der Waals surface area contributed by atoms with Crippen LogP contribution in [-0.2, 0) is 0 Å². The van der Waals surface area contributed by atoms with Gasteiger partial charge in [-0.25, -0.2) is 4.98 Å². The second-order valence-corrected chi connectivity index (χ2v) is 7.56. The third-order valence-corrected chi connectivity index (χ3v) is 4.82. The van der Waals surface area contributed by atoms with Gasteiger partial charge >= 0.3 is 0 Å². The molecule has 0 saturated carbocycles. The molecule has 0 spiro atoms. The Morgan fingerprint density at radius 1 is 1.24 bits per heavy atom. The Labute approximate surface area is 172 Å². The lowest BCUT2D eigenvalue weighted by atomic mass is 10.2. The van der Waals surface area contributed by atoms with Crippen LogP contribution in [0.15, 0.2) is 58.5 Å². The van der Waals surface area contributed by atoms with E-state index in [4.69, 9.17) is 9.15 Å². The maximum Gasteiger partial charge on any atom is 0.256 e. The van der Waals surface area contributed by atoms with Gasteiger partial charge in [-0.3, -0.25) is 4.79 Å². The number of ether oxygens (including phenoxy) is 1. The second kappa shape index (κ2) is 7.92. The largest absolute Gasteiger partial charge is 0.491 e. The van der Waals surface area contributed by atoms with Gasteiger partial charge < -0.3 is 14.5 Å². The molecule has 1 aromatic carbocycles. The summed E-state index contributed by atoms with van der Waals surface area (Å²) in [5, 5.41) is 9.92. The van der Waals surface area contributed by atoms with E-state index in [1.807, 2.05) is 44.4 Å². The van der Waals surface area contributed by atoms with E-state index in [0.29, 0.717) is 22.3 Å². The molecule has 8 heteroatoms. The number of anilines is 1. The smallest absolute Gasteiger partial charge is 0.256 e. The van der Waals surface area contributed by atoms with Crippen LogP contribution in [0.25, 0.3) is 16.6 Å². The number of rotatable bonds is 6. The van der Waals surface area contributed by atoms with Gasteiger partial charge in [0, 0.05) is 17.0 Å². The van der Waals surface area contributed by atoms with Gasteiger partial charge in [-0.2, -0.15) is 9.78 Å². The Morgan fingerprint density at radius 2 is 2.03 bits per heavy atom. The molecule has 7 nitrogen and oxygen atoms in total. The normalized spacial score (nSPS) is 11.0. The highest BCUT2D eigenvalue weighted by atomic mass is 32.1. The van der Waals surface area contributed by atoms with E-state index in [-0.39, 0.29) is 12.0 Å². The topological polar surface area (TPSA) is 82.2 Å². The summed E-state index contributed by atoms with van der Waals surface area (Å²) < 4.78 is 12.6. The van der Waals surface area contributed by atoms with Crippen LogP contribution in [0, 0.1) is 6.92 Å². The number of hydrogen-bond acceptors (Lipinski definition) is 6. The molecular formula is C21H20N4O3S. The van der Waals surface area contributed by atoms with E-state index in [9.17, 15) is 4.79 Å². The third kappa shape index (κ3) is 4.22. The summed E-state index contributed by atoms with van der Waals surface area (Å²) in [7, 11) is 0. The van der Waals surface area contributed by atoms with Crippen molar-refractivity contribution in [2.75, 3.05) is 5.32 Å². The Kier molecular flexibility index (Phi) is 5.18. The fourth-order valence-corrected chi connectivity index (χ4v) is 3.55. The van der Waals surface area contributed by atoms with Crippen molar-refractivity contribution in [3.05, 3.63) is 65.4 Å². The number of carbonyl (C=O) groups is 1. The fourth-order valence-electron chi connectivity index (χ4n) is 2.78. The molecule has 4 rings (SSSR count). The fraction of sp³-hybridized carbons (Fsp3) is 0.190. The van der Waals surface area contributed by atoms with Crippen LogP contribution in [0.1, 0.15) is 29.9 Å². The number of benzene rings is 1. The number of aromatic nitrogens is 3. The SMILES string of the molecule is Cc1cc(NC(=O)c2ccc(OC(C)C)cc2)n(-c2nc(-c3ccco3)cs2)n1. The minimum absolute atomic E-state index is 0.0800. The molecule has 148 valence electrons. The Bertz CT molecular complexity index is 1110. The monoisotopic (exact) mass is 408 g/mol. The summed E-state index contributed by atoms with van der Waals surface area (Å²) >= 11 is 1.42.